The van der Waals surface area contributed by atoms with Crippen LogP contribution in [0.2, 0.25) is 0 Å². The van der Waals surface area contributed by atoms with E-state index < -0.39 is 0 Å². The number of aromatic nitrogens is 1. The van der Waals surface area contributed by atoms with Gasteiger partial charge in [-0.3, -0.25) is 9.69 Å². The van der Waals surface area contributed by atoms with Crippen LogP contribution in [-0.2, 0) is 17.8 Å². The van der Waals surface area contributed by atoms with Crippen molar-refractivity contribution in [2.24, 2.45) is 0 Å². The molecular formula is C23H24F2N4O. The molecule has 0 unspecified atom stereocenters. The first-order chi connectivity index (χ1) is 14.6. The maximum atomic E-state index is 13.7. The molecule has 0 atom stereocenters. The Morgan fingerprint density at radius 1 is 0.933 bits per heavy atom. The molecule has 0 radical (unpaired) electrons. The monoisotopic (exact) mass is 410 g/mol. The largest absolute Gasteiger partial charge is 0.369 e. The number of H-pyrrole nitrogens is 1. The fourth-order valence-electron chi connectivity index (χ4n) is 4.51. The number of hydrogen-bond acceptors (Lipinski definition) is 3. The van der Waals surface area contributed by atoms with Crippen LogP contribution in [0, 0.1) is 11.6 Å². The van der Waals surface area contributed by atoms with Crippen molar-refractivity contribution in [3.05, 3.63) is 65.4 Å². The number of halogens is 2. The third kappa shape index (κ3) is 3.65. The number of amides is 1. The molecule has 1 saturated heterocycles. The van der Waals surface area contributed by atoms with Gasteiger partial charge in [0.05, 0.1) is 6.54 Å². The molecule has 0 bridgehead atoms. The summed E-state index contributed by atoms with van der Waals surface area (Å²) >= 11 is 0. The molecule has 7 heteroatoms. The van der Waals surface area contributed by atoms with E-state index in [2.05, 4.69) is 14.8 Å². The van der Waals surface area contributed by atoms with E-state index in [-0.39, 0.29) is 17.5 Å². The minimum absolute atomic E-state index is 0.113. The Balaban J connectivity index is 1.20. The normalized spacial score (nSPS) is 17.4. The molecule has 1 amide bonds. The first kappa shape index (κ1) is 19.1. The Kier molecular flexibility index (Phi) is 4.90. The highest BCUT2D eigenvalue weighted by molar-refractivity contribution is 5.86. The fraction of sp³-hybridized carbons (Fsp3) is 0.348. The van der Waals surface area contributed by atoms with E-state index in [9.17, 15) is 13.6 Å². The molecule has 30 heavy (non-hydrogen) atoms. The van der Waals surface area contributed by atoms with Crippen molar-refractivity contribution in [1.82, 2.24) is 14.8 Å². The summed E-state index contributed by atoms with van der Waals surface area (Å²) in [7, 11) is 0. The van der Waals surface area contributed by atoms with E-state index in [1.165, 1.54) is 18.2 Å². The van der Waals surface area contributed by atoms with E-state index in [4.69, 9.17) is 0 Å². The van der Waals surface area contributed by atoms with E-state index in [0.717, 1.165) is 60.4 Å². The van der Waals surface area contributed by atoms with Crippen molar-refractivity contribution in [2.75, 3.05) is 44.2 Å². The van der Waals surface area contributed by atoms with E-state index in [1.54, 1.807) is 24.3 Å². The van der Waals surface area contributed by atoms with Crippen molar-refractivity contribution in [1.29, 1.82) is 0 Å². The molecule has 5 rings (SSSR count). The molecule has 3 heterocycles. The average molecular weight is 410 g/mol. The summed E-state index contributed by atoms with van der Waals surface area (Å²) in [6.07, 6.45) is 0.760. The molecule has 2 aliphatic rings. The standard InChI is InChI=1S/C23H24F2N4O/c24-16-1-4-18(5-2-16)28-11-9-27(10-12-28)15-23(30)29-8-7-22-20(14-29)19-13-17(25)3-6-21(19)26-22/h1-6,13,26H,7-12,14-15H2. The SMILES string of the molecule is O=C(CN1CCN(c2ccc(F)cc2)CC1)N1CCc2[nH]c3ccc(F)cc3c2C1. The van der Waals surface area contributed by atoms with Crippen molar-refractivity contribution in [3.63, 3.8) is 0 Å². The van der Waals surface area contributed by atoms with Crippen molar-refractivity contribution >= 4 is 22.5 Å². The topological polar surface area (TPSA) is 42.6 Å². The first-order valence-electron chi connectivity index (χ1n) is 10.4. The third-order valence-electron chi connectivity index (χ3n) is 6.21. The van der Waals surface area contributed by atoms with Gasteiger partial charge in [0.1, 0.15) is 11.6 Å². The van der Waals surface area contributed by atoms with Gasteiger partial charge in [-0.15, -0.1) is 0 Å². The van der Waals surface area contributed by atoms with Crippen LogP contribution in [-0.4, -0.2) is 60.0 Å². The molecule has 5 nitrogen and oxygen atoms in total. The number of nitrogens with zero attached hydrogens (tertiary/aromatic N) is 3. The van der Waals surface area contributed by atoms with Crippen LogP contribution >= 0.6 is 0 Å². The Morgan fingerprint density at radius 2 is 1.67 bits per heavy atom. The number of nitrogens with one attached hydrogen (secondary N) is 1. The Bertz CT molecular complexity index is 1070. The van der Waals surface area contributed by atoms with Gasteiger partial charge in [0, 0.05) is 73.5 Å². The second-order valence-corrected chi connectivity index (χ2v) is 8.08. The van der Waals surface area contributed by atoms with Gasteiger partial charge in [-0.05, 0) is 42.5 Å². The van der Waals surface area contributed by atoms with Crippen LogP contribution in [0.25, 0.3) is 10.9 Å². The summed E-state index contributed by atoms with van der Waals surface area (Å²) in [5, 5.41) is 0.871. The molecule has 156 valence electrons. The molecule has 2 aromatic carbocycles. The zero-order chi connectivity index (χ0) is 20.7. The lowest BCUT2D eigenvalue weighted by Gasteiger charge is -2.37. The molecule has 0 spiro atoms. The first-order valence-corrected chi connectivity index (χ1v) is 10.4. The summed E-state index contributed by atoms with van der Waals surface area (Å²) in [5.74, 6) is -0.376. The Hall–Kier alpha value is -2.93. The van der Waals surface area contributed by atoms with Crippen molar-refractivity contribution in [3.8, 4) is 0 Å². The second-order valence-electron chi connectivity index (χ2n) is 8.08. The van der Waals surface area contributed by atoms with Gasteiger partial charge in [-0.1, -0.05) is 0 Å². The highest BCUT2D eigenvalue weighted by Crippen LogP contribution is 2.28. The van der Waals surface area contributed by atoms with Crippen LogP contribution in [0.1, 0.15) is 11.3 Å². The van der Waals surface area contributed by atoms with E-state index in [1.807, 2.05) is 4.90 Å². The number of carbonyl (C=O) groups excluding carboxylic acids is 1. The minimum Gasteiger partial charge on any atom is -0.369 e. The van der Waals surface area contributed by atoms with Gasteiger partial charge >= 0.3 is 0 Å². The average Bonchev–Trinajstić information content (AvgIpc) is 3.12. The molecule has 1 aromatic heterocycles. The molecular weight excluding hydrogens is 386 g/mol. The van der Waals surface area contributed by atoms with Crippen LogP contribution in [0.3, 0.4) is 0 Å². The second kappa shape index (κ2) is 7.72. The molecule has 0 saturated carbocycles. The highest BCUT2D eigenvalue weighted by atomic mass is 19.1. The zero-order valence-corrected chi connectivity index (χ0v) is 16.7. The predicted octanol–water partition coefficient (Wildman–Crippen LogP) is 3.15. The maximum absolute atomic E-state index is 13.7. The van der Waals surface area contributed by atoms with Gasteiger partial charge in [-0.2, -0.15) is 0 Å². The van der Waals surface area contributed by atoms with E-state index >= 15 is 0 Å². The lowest BCUT2D eigenvalue weighted by molar-refractivity contribution is -0.133. The Labute approximate surface area is 173 Å². The summed E-state index contributed by atoms with van der Waals surface area (Å²) < 4.78 is 26.8. The van der Waals surface area contributed by atoms with Crippen molar-refractivity contribution in [2.45, 2.75) is 13.0 Å². The highest BCUT2D eigenvalue weighted by Gasteiger charge is 2.26. The predicted molar refractivity (Wildman–Crippen MR) is 112 cm³/mol. The lowest BCUT2D eigenvalue weighted by Crippen LogP contribution is -2.50. The van der Waals surface area contributed by atoms with E-state index in [0.29, 0.717) is 19.6 Å². The lowest BCUT2D eigenvalue weighted by atomic mass is 10.0. The molecule has 2 aliphatic heterocycles. The van der Waals surface area contributed by atoms with Gasteiger partial charge < -0.3 is 14.8 Å². The number of rotatable bonds is 3. The number of benzene rings is 2. The quantitative estimate of drug-likeness (QED) is 0.721. The number of carbonyl (C=O) groups is 1. The molecule has 1 fully saturated rings. The molecule has 0 aliphatic carbocycles. The van der Waals surface area contributed by atoms with Gasteiger partial charge in [0.15, 0.2) is 0 Å². The van der Waals surface area contributed by atoms with Crippen LogP contribution in [0.15, 0.2) is 42.5 Å². The number of anilines is 1. The zero-order valence-electron chi connectivity index (χ0n) is 16.7. The summed E-state index contributed by atoms with van der Waals surface area (Å²) in [4.78, 5) is 22.6. The fourth-order valence-corrected chi connectivity index (χ4v) is 4.51. The summed E-state index contributed by atoms with van der Waals surface area (Å²) in [6, 6.07) is 11.3. The summed E-state index contributed by atoms with van der Waals surface area (Å²) in [5.41, 5.74) is 4.07. The van der Waals surface area contributed by atoms with Crippen LogP contribution in [0.5, 0.6) is 0 Å². The number of fused-ring (bicyclic) bond motifs is 3. The summed E-state index contributed by atoms with van der Waals surface area (Å²) in [6.45, 7) is 4.80. The van der Waals surface area contributed by atoms with Gasteiger partial charge in [0.2, 0.25) is 5.91 Å². The molecule has 3 aromatic rings. The number of hydrogen-bond donors (Lipinski definition) is 1. The maximum Gasteiger partial charge on any atom is 0.237 e. The van der Waals surface area contributed by atoms with Crippen LogP contribution < -0.4 is 4.90 Å². The minimum atomic E-state index is -0.258. The van der Waals surface area contributed by atoms with Crippen molar-refractivity contribution < 1.29 is 13.6 Å². The molecule has 1 N–H and O–H groups in total. The Morgan fingerprint density at radius 3 is 2.43 bits per heavy atom. The van der Waals surface area contributed by atoms with Crippen LogP contribution in [0.4, 0.5) is 14.5 Å². The van der Waals surface area contributed by atoms with Gasteiger partial charge in [0.25, 0.3) is 0 Å². The van der Waals surface area contributed by atoms with Gasteiger partial charge in [-0.25, -0.2) is 8.78 Å². The smallest absolute Gasteiger partial charge is 0.237 e. The number of aromatic amines is 1. The third-order valence-corrected chi connectivity index (χ3v) is 6.21. The number of piperazine rings is 1.